The van der Waals surface area contributed by atoms with Crippen molar-refractivity contribution in [2.75, 3.05) is 0 Å². The van der Waals surface area contributed by atoms with Gasteiger partial charge in [0.05, 0.1) is 5.36 Å². The molecule has 5 nitrogen and oxygen atoms in total. The van der Waals surface area contributed by atoms with Crippen LogP contribution >= 0.6 is 12.2 Å². The van der Waals surface area contributed by atoms with Crippen molar-refractivity contribution >= 4 is 30.3 Å². The Balaban J connectivity index is 2.07. The Bertz CT molecular complexity index is 1010. The summed E-state index contributed by atoms with van der Waals surface area (Å²) >= 11 is 5.25. The van der Waals surface area contributed by atoms with Gasteiger partial charge in [-0.15, -0.1) is 0 Å². The van der Waals surface area contributed by atoms with E-state index in [1.807, 2.05) is 25.1 Å². The zero-order valence-electron chi connectivity index (χ0n) is 13.7. The second-order valence-corrected chi connectivity index (χ2v) is 6.23. The molecule has 0 atom stereocenters. The number of carbonyl (C=O) groups is 1. The molecule has 0 unspecified atom stereocenters. The maximum Gasteiger partial charge on any atom is 0.277 e. The highest BCUT2D eigenvalue weighted by atomic mass is 32.1. The minimum absolute atomic E-state index is 0.0530. The third-order valence-electron chi connectivity index (χ3n) is 4.06. The van der Waals surface area contributed by atoms with Crippen LogP contribution in [-0.2, 0) is 11.3 Å². The molecule has 2 N–H and O–H groups in total. The first kappa shape index (κ1) is 16.4. The molecule has 1 aliphatic rings. The van der Waals surface area contributed by atoms with E-state index in [1.165, 1.54) is 0 Å². The summed E-state index contributed by atoms with van der Waals surface area (Å²) in [5, 5.41) is 12.0. The first-order valence-electron chi connectivity index (χ1n) is 7.95. The quantitative estimate of drug-likeness (QED) is 0.663. The van der Waals surface area contributed by atoms with E-state index in [-0.39, 0.29) is 11.8 Å². The molecule has 0 saturated carbocycles. The molecule has 1 aromatic carbocycles. The van der Waals surface area contributed by atoms with Crippen LogP contribution in [0.3, 0.4) is 0 Å². The minimum atomic E-state index is -0.322. The second-order valence-electron chi connectivity index (χ2n) is 5.85. The van der Waals surface area contributed by atoms with Gasteiger partial charge in [0.15, 0.2) is 4.77 Å². The average Bonchev–Trinajstić information content (AvgIpc) is 2.81. The van der Waals surface area contributed by atoms with E-state index >= 15 is 0 Å². The molecular formula is C18H19N3O2S. The minimum Gasteiger partial charge on any atom is -0.493 e. The molecule has 24 heavy (non-hydrogen) atoms. The lowest BCUT2D eigenvalue weighted by molar-refractivity contribution is -0.114. The van der Waals surface area contributed by atoms with Crippen molar-refractivity contribution in [1.29, 1.82) is 0 Å². The molecule has 2 heterocycles. The van der Waals surface area contributed by atoms with E-state index in [2.05, 4.69) is 16.9 Å². The highest BCUT2D eigenvalue weighted by Crippen LogP contribution is 2.21. The number of benzene rings is 1. The lowest BCUT2D eigenvalue weighted by Gasteiger charge is -2.05. The van der Waals surface area contributed by atoms with Gasteiger partial charge >= 0.3 is 0 Å². The van der Waals surface area contributed by atoms with Gasteiger partial charge in [-0.3, -0.25) is 9.36 Å². The van der Waals surface area contributed by atoms with E-state index in [4.69, 9.17) is 12.2 Å². The number of aromatic nitrogens is 2. The molecule has 1 aliphatic heterocycles. The molecule has 0 spiro atoms. The van der Waals surface area contributed by atoms with Crippen LogP contribution in [0.1, 0.15) is 31.0 Å². The van der Waals surface area contributed by atoms with Crippen LogP contribution in [0.25, 0.3) is 12.2 Å². The largest absolute Gasteiger partial charge is 0.493 e. The fraction of sp³-hybridized carbons (Fsp3) is 0.278. The Kier molecular flexibility index (Phi) is 4.49. The number of carbonyl (C=O) groups excluding carboxylic acids is 1. The summed E-state index contributed by atoms with van der Waals surface area (Å²) in [5.41, 5.74) is 1.81. The normalized spacial score (nSPS) is 15.1. The maximum atomic E-state index is 12.3. The molecule has 3 rings (SSSR count). The molecule has 6 heteroatoms. The number of aromatic hydroxyl groups is 1. The van der Waals surface area contributed by atoms with Crippen LogP contribution in [0.4, 0.5) is 0 Å². The monoisotopic (exact) mass is 341 g/mol. The fourth-order valence-electron chi connectivity index (χ4n) is 2.71. The predicted octanol–water partition coefficient (Wildman–Crippen LogP) is 2.38. The lowest BCUT2D eigenvalue weighted by Crippen LogP contribution is -2.32. The third-order valence-corrected chi connectivity index (χ3v) is 4.38. The van der Waals surface area contributed by atoms with Crippen LogP contribution in [0.5, 0.6) is 5.88 Å². The molecule has 0 saturated heterocycles. The standard InChI is InChI=1S/C18H19N3O2S/c1-3-4-8-21-17(23)14(19-18(21)24)10-13-9-12-7-5-6-11(2)15(12)20-16(13)22/h5-7,9-10,23H,3-4,8H2,1-2H3,(H,19,24). The van der Waals surface area contributed by atoms with Gasteiger partial charge in [-0.2, -0.15) is 0 Å². The Morgan fingerprint density at radius 1 is 1.42 bits per heavy atom. The summed E-state index contributed by atoms with van der Waals surface area (Å²) in [6.07, 6.45) is 5.31. The zero-order valence-corrected chi connectivity index (χ0v) is 14.5. The zero-order chi connectivity index (χ0) is 17.3. The summed E-state index contributed by atoms with van der Waals surface area (Å²) in [7, 11) is 0. The molecule has 0 fully saturated rings. The van der Waals surface area contributed by atoms with Crippen molar-refractivity contribution in [2.24, 2.45) is 4.99 Å². The number of hydrogen-bond donors (Lipinski definition) is 2. The molecule has 1 aromatic heterocycles. The molecule has 1 amide bonds. The van der Waals surface area contributed by atoms with E-state index in [1.54, 1.807) is 16.7 Å². The lowest BCUT2D eigenvalue weighted by atomic mass is 10.1. The van der Waals surface area contributed by atoms with Gasteiger partial charge in [-0.05, 0) is 43.3 Å². The van der Waals surface area contributed by atoms with Crippen molar-refractivity contribution < 1.29 is 9.90 Å². The smallest absolute Gasteiger partial charge is 0.277 e. The molecule has 2 aromatic rings. The summed E-state index contributed by atoms with van der Waals surface area (Å²) in [6.45, 7) is 4.65. The average molecular weight is 341 g/mol. The van der Waals surface area contributed by atoms with Crippen molar-refractivity contribution in [3.63, 3.8) is 0 Å². The summed E-state index contributed by atoms with van der Waals surface area (Å²) < 4.78 is 2.09. The van der Waals surface area contributed by atoms with Crippen molar-refractivity contribution in [1.82, 2.24) is 9.55 Å². The predicted molar refractivity (Wildman–Crippen MR) is 95.6 cm³/mol. The number of nitrogens with zero attached hydrogens (tertiary/aromatic N) is 2. The van der Waals surface area contributed by atoms with E-state index < -0.39 is 0 Å². The number of imidazole rings is 1. The van der Waals surface area contributed by atoms with Gasteiger partial charge in [0.1, 0.15) is 5.69 Å². The number of fused-ring (bicyclic) bond motifs is 1. The number of aryl methyl sites for hydroxylation is 1. The van der Waals surface area contributed by atoms with Crippen LogP contribution in [0.15, 0.2) is 28.8 Å². The Labute approximate surface area is 144 Å². The SMILES string of the molecule is CCCCn1c(O)c(C=C2C=c3cccc(C)c3=NC2=O)[nH]c1=S. The number of amides is 1. The molecule has 0 radical (unpaired) electrons. The van der Waals surface area contributed by atoms with Crippen molar-refractivity contribution in [2.45, 2.75) is 33.2 Å². The number of nitrogens with one attached hydrogen (secondary N) is 1. The number of H-pyrrole nitrogens is 1. The first-order chi connectivity index (χ1) is 11.5. The van der Waals surface area contributed by atoms with Crippen LogP contribution < -0.4 is 10.6 Å². The molecule has 0 aliphatic carbocycles. The second kappa shape index (κ2) is 6.57. The Morgan fingerprint density at radius 3 is 2.96 bits per heavy atom. The number of rotatable bonds is 4. The summed E-state index contributed by atoms with van der Waals surface area (Å²) in [5.74, 6) is -0.269. The number of unbranched alkanes of at least 4 members (excludes halogenated alkanes) is 1. The first-order valence-corrected chi connectivity index (χ1v) is 8.36. The third kappa shape index (κ3) is 2.97. The Morgan fingerprint density at radius 2 is 2.21 bits per heavy atom. The van der Waals surface area contributed by atoms with E-state index in [0.717, 1.165) is 23.6 Å². The van der Waals surface area contributed by atoms with Crippen LogP contribution in [0, 0.1) is 11.7 Å². The summed E-state index contributed by atoms with van der Waals surface area (Å²) in [6, 6.07) is 5.77. The Hall–Kier alpha value is -2.47. The highest BCUT2D eigenvalue weighted by Gasteiger charge is 2.15. The van der Waals surface area contributed by atoms with Gasteiger partial charge in [0.2, 0.25) is 5.88 Å². The fourth-order valence-corrected chi connectivity index (χ4v) is 3.00. The van der Waals surface area contributed by atoms with Gasteiger partial charge in [-0.25, -0.2) is 4.99 Å². The van der Waals surface area contributed by atoms with Gasteiger partial charge in [-0.1, -0.05) is 31.5 Å². The maximum absolute atomic E-state index is 12.3. The van der Waals surface area contributed by atoms with Gasteiger partial charge in [0, 0.05) is 17.3 Å². The van der Waals surface area contributed by atoms with Gasteiger partial charge < -0.3 is 10.1 Å². The van der Waals surface area contributed by atoms with Crippen molar-refractivity contribution in [3.8, 4) is 5.88 Å². The molecule has 0 bridgehead atoms. The molecular weight excluding hydrogens is 322 g/mol. The molecule has 124 valence electrons. The highest BCUT2D eigenvalue weighted by molar-refractivity contribution is 7.71. The number of hydrogen-bond acceptors (Lipinski definition) is 3. The van der Waals surface area contributed by atoms with E-state index in [9.17, 15) is 9.90 Å². The number of para-hydroxylation sites is 1. The summed E-state index contributed by atoms with van der Waals surface area (Å²) in [4.78, 5) is 19.4. The number of aromatic amines is 1. The van der Waals surface area contributed by atoms with Crippen molar-refractivity contribution in [3.05, 3.63) is 50.4 Å². The van der Waals surface area contributed by atoms with Gasteiger partial charge in [0.25, 0.3) is 5.91 Å². The van der Waals surface area contributed by atoms with E-state index in [0.29, 0.717) is 27.9 Å². The van der Waals surface area contributed by atoms with Crippen LogP contribution in [-0.4, -0.2) is 20.6 Å². The topological polar surface area (TPSA) is 70.4 Å². The van der Waals surface area contributed by atoms with Crippen LogP contribution in [0.2, 0.25) is 0 Å².